The highest BCUT2D eigenvalue weighted by molar-refractivity contribution is 5.99. The lowest BCUT2D eigenvalue weighted by Gasteiger charge is -2.40. The Bertz CT molecular complexity index is 558. The molecular formula is C16H19FN2O2. The molecule has 2 heterocycles. The van der Waals surface area contributed by atoms with Gasteiger partial charge in [0.05, 0.1) is 6.04 Å². The maximum absolute atomic E-state index is 12.9. The zero-order chi connectivity index (χ0) is 15.0. The van der Waals surface area contributed by atoms with Crippen LogP contribution in [0.5, 0.6) is 0 Å². The summed E-state index contributed by atoms with van der Waals surface area (Å²) in [6, 6.07) is 5.69. The lowest BCUT2D eigenvalue weighted by Crippen LogP contribution is -2.55. The summed E-state index contributed by atoms with van der Waals surface area (Å²) in [7, 11) is 0. The van der Waals surface area contributed by atoms with Crippen molar-refractivity contribution < 1.29 is 14.0 Å². The highest BCUT2D eigenvalue weighted by Gasteiger charge is 2.37. The van der Waals surface area contributed by atoms with E-state index in [2.05, 4.69) is 4.90 Å². The van der Waals surface area contributed by atoms with Crippen LogP contribution >= 0.6 is 0 Å². The second kappa shape index (κ2) is 5.56. The first-order valence-electron chi connectivity index (χ1n) is 7.39. The molecular weight excluding hydrogens is 271 g/mol. The van der Waals surface area contributed by atoms with E-state index in [-0.39, 0.29) is 29.6 Å². The number of benzene rings is 1. The van der Waals surface area contributed by atoms with Crippen molar-refractivity contribution in [3.8, 4) is 0 Å². The molecule has 0 spiro atoms. The molecule has 2 saturated heterocycles. The number of fused-ring (bicyclic) bond motifs is 1. The monoisotopic (exact) mass is 290 g/mol. The van der Waals surface area contributed by atoms with Crippen molar-refractivity contribution in [3.05, 3.63) is 35.6 Å². The molecule has 112 valence electrons. The molecule has 3 rings (SSSR count). The van der Waals surface area contributed by atoms with Gasteiger partial charge in [-0.05, 0) is 37.6 Å². The van der Waals surface area contributed by atoms with Crippen LogP contribution in [0, 0.1) is 5.82 Å². The summed E-state index contributed by atoms with van der Waals surface area (Å²) in [6.45, 7) is 4.05. The minimum atomic E-state index is -0.336. The van der Waals surface area contributed by atoms with Crippen molar-refractivity contribution in [2.45, 2.75) is 31.8 Å². The normalized spacial score (nSPS) is 24.0. The Balaban J connectivity index is 1.68. The summed E-state index contributed by atoms with van der Waals surface area (Å²) in [6.07, 6.45) is 1.51. The molecule has 4 nitrogen and oxygen atoms in total. The maximum atomic E-state index is 12.9. The minimum Gasteiger partial charge on any atom is -0.337 e. The lowest BCUT2D eigenvalue weighted by molar-refractivity contribution is -0.130. The molecule has 2 atom stereocenters. The van der Waals surface area contributed by atoms with E-state index in [0.29, 0.717) is 18.5 Å². The highest BCUT2D eigenvalue weighted by atomic mass is 19.1. The van der Waals surface area contributed by atoms with Crippen molar-refractivity contribution in [1.82, 2.24) is 9.80 Å². The lowest BCUT2D eigenvalue weighted by atomic mass is 10.0. The molecule has 0 saturated carbocycles. The molecule has 2 unspecified atom stereocenters. The first-order valence-corrected chi connectivity index (χ1v) is 7.39. The Morgan fingerprint density at radius 2 is 2.00 bits per heavy atom. The van der Waals surface area contributed by atoms with E-state index in [9.17, 15) is 14.0 Å². The standard InChI is InChI=1S/C16H19FN2O2/c1-11(16(21)12-2-4-13(17)5-3-12)18-8-9-19-14(10-18)6-7-15(19)20/h2-5,11,14H,6-10H2,1H3. The van der Waals surface area contributed by atoms with E-state index in [1.54, 1.807) is 0 Å². The van der Waals surface area contributed by atoms with Gasteiger partial charge < -0.3 is 4.90 Å². The molecule has 2 aliphatic rings. The fourth-order valence-electron chi connectivity index (χ4n) is 3.26. The molecule has 21 heavy (non-hydrogen) atoms. The quantitative estimate of drug-likeness (QED) is 0.796. The molecule has 1 aromatic carbocycles. The molecule has 0 aliphatic carbocycles. The van der Waals surface area contributed by atoms with Crippen LogP contribution in [0.2, 0.25) is 0 Å². The second-order valence-corrected chi connectivity index (χ2v) is 5.82. The zero-order valence-corrected chi connectivity index (χ0v) is 12.1. The number of hydrogen-bond donors (Lipinski definition) is 0. The molecule has 1 amide bonds. The van der Waals surface area contributed by atoms with Gasteiger partial charge in [-0.1, -0.05) is 0 Å². The van der Waals surface area contributed by atoms with E-state index in [1.165, 1.54) is 24.3 Å². The number of halogens is 1. The fourth-order valence-corrected chi connectivity index (χ4v) is 3.26. The van der Waals surface area contributed by atoms with Gasteiger partial charge in [0.15, 0.2) is 5.78 Å². The number of piperazine rings is 1. The van der Waals surface area contributed by atoms with Crippen molar-refractivity contribution in [1.29, 1.82) is 0 Å². The van der Waals surface area contributed by atoms with Gasteiger partial charge in [0, 0.05) is 37.7 Å². The van der Waals surface area contributed by atoms with Gasteiger partial charge >= 0.3 is 0 Å². The van der Waals surface area contributed by atoms with Crippen LogP contribution < -0.4 is 0 Å². The van der Waals surface area contributed by atoms with Crippen LogP contribution in [-0.2, 0) is 4.79 Å². The number of carbonyl (C=O) groups excluding carboxylic acids is 2. The number of hydrogen-bond acceptors (Lipinski definition) is 3. The summed E-state index contributed by atoms with van der Waals surface area (Å²) in [4.78, 5) is 28.2. The van der Waals surface area contributed by atoms with E-state index in [1.807, 2.05) is 11.8 Å². The van der Waals surface area contributed by atoms with Gasteiger partial charge in [0.1, 0.15) is 5.82 Å². The SMILES string of the molecule is CC(C(=O)c1ccc(F)cc1)N1CCN2C(=O)CCC2C1. The fraction of sp³-hybridized carbons (Fsp3) is 0.500. The third-order valence-corrected chi connectivity index (χ3v) is 4.58. The molecule has 0 bridgehead atoms. The van der Waals surface area contributed by atoms with Gasteiger partial charge in [-0.15, -0.1) is 0 Å². The number of ketones is 1. The average Bonchev–Trinajstić information content (AvgIpc) is 2.87. The molecule has 0 N–H and O–H groups in total. The Hall–Kier alpha value is -1.75. The van der Waals surface area contributed by atoms with Crippen LogP contribution in [-0.4, -0.2) is 53.2 Å². The van der Waals surface area contributed by atoms with Crippen molar-refractivity contribution in [3.63, 3.8) is 0 Å². The Morgan fingerprint density at radius 1 is 1.29 bits per heavy atom. The van der Waals surface area contributed by atoms with Crippen LogP contribution in [0.3, 0.4) is 0 Å². The van der Waals surface area contributed by atoms with Crippen LogP contribution in [0.15, 0.2) is 24.3 Å². The van der Waals surface area contributed by atoms with Crippen LogP contribution in [0.25, 0.3) is 0 Å². The minimum absolute atomic E-state index is 0.00720. The molecule has 0 radical (unpaired) electrons. The van der Waals surface area contributed by atoms with Gasteiger partial charge in [-0.25, -0.2) is 4.39 Å². The highest BCUT2D eigenvalue weighted by Crippen LogP contribution is 2.24. The molecule has 2 aliphatic heterocycles. The van der Waals surface area contributed by atoms with Crippen molar-refractivity contribution in [2.24, 2.45) is 0 Å². The van der Waals surface area contributed by atoms with E-state index >= 15 is 0 Å². The van der Waals surface area contributed by atoms with Gasteiger partial charge in [-0.3, -0.25) is 14.5 Å². The summed E-state index contributed by atoms with van der Waals surface area (Å²) in [5.74, 6) is -0.0952. The van der Waals surface area contributed by atoms with Gasteiger partial charge in [-0.2, -0.15) is 0 Å². The molecule has 5 heteroatoms. The number of Topliss-reactive ketones (excluding diaryl/α,β-unsaturated/α-hetero) is 1. The number of carbonyl (C=O) groups is 2. The Morgan fingerprint density at radius 3 is 2.71 bits per heavy atom. The Kier molecular flexibility index (Phi) is 3.76. The molecule has 0 aromatic heterocycles. The predicted octanol–water partition coefficient (Wildman–Crippen LogP) is 1.70. The van der Waals surface area contributed by atoms with E-state index < -0.39 is 0 Å². The predicted molar refractivity (Wildman–Crippen MR) is 76.5 cm³/mol. The van der Waals surface area contributed by atoms with Crippen molar-refractivity contribution >= 4 is 11.7 Å². The first kappa shape index (κ1) is 14.2. The van der Waals surface area contributed by atoms with Crippen LogP contribution in [0.1, 0.15) is 30.1 Å². The summed E-state index contributed by atoms with van der Waals surface area (Å²) in [5.41, 5.74) is 0.536. The van der Waals surface area contributed by atoms with Gasteiger partial charge in [0.25, 0.3) is 0 Å². The summed E-state index contributed by atoms with van der Waals surface area (Å²) in [5, 5.41) is 0. The number of nitrogens with zero attached hydrogens (tertiary/aromatic N) is 2. The second-order valence-electron chi connectivity index (χ2n) is 5.82. The zero-order valence-electron chi connectivity index (χ0n) is 12.1. The van der Waals surface area contributed by atoms with E-state index in [0.717, 1.165) is 19.5 Å². The topological polar surface area (TPSA) is 40.6 Å². The summed E-state index contributed by atoms with van der Waals surface area (Å²) >= 11 is 0. The largest absolute Gasteiger partial charge is 0.337 e. The third-order valence-electron chi connectivity index (χ3n) is 4.58. The number of rotatable bonds is 3. The third kappa shape index (κ3) is 2.70. The summed E-state index contributed by atoms with van der Waals surface area (Å²) < 4.78 is 12.9. The van der Waals surface area contributed by atoms with Crippen LogP contribution in [0.4, 0.5) is 4.39 Å². The molecule has 1 aromatic rings. The average molecular weight is 290 g/mol. The first-order chi connectivity index (χ1) is 10.1. The molecule has 2 fully saturated rings. The smallest absolute Gasteiger partial charge is 0.222 e. The van der Waals surface area contributed by atoms with Crippen molar-refractivity contribution in [2.75, 3.05) is 19.6 Å². The van der Waals surface area contributed by atoms with E-state index in [4.69, 9.17) is 0 Å². The van der Waals surface area contributed by atoms with Gasteiger partial charge in [0.2, 0.25) is 5.91 Å². The number of amides is 1. The Labute approximate surface area is 123 Å². The maximum Gasteiger partial charge on any atom is 0.222 e.